The Labute approximate surface area is 188 Å². The monoisotopic (exact) mass is 460 g/mol. The third-order valence-corrected chi connectivity index (χ3v) is 7.53. The molecule has 0 radical (unpaired) electrons. The van der Waals surface area contributed by atoms with Gasteiger partial charge in [0.25, 0.3) is 11.6 Å². The van der Waals surface area contributed by atoms with Crippen LogP contribution in [0.25, 0.3) is 0 Å². The maximum atomic E-state index is 13.1. The van der Waals surface area contributed by atoms with Crippen LogP contribution in [-0.2, 0) is 10.0 Å². The lowest BCUT2D eigenvalue weighted by Crippen LogP contribution is -2.50. The average Bonchev–Trinajstić information content (AvgIpc) is 2.78. The summed E-state index contributed by atoms with van der Waals surface area (Å²) >= 11 is 0. The van der Waals surface area contributed by atoms with E-state index in [2.05, 4.69) is 0 Å². The largest absolute Gasteiger partial charge is 0.377 e. The molecule has 32 heavy (non-hydrogen) atoms. The van der Waals surface area contributed by atoms with Crippen LogP contribution in [0.2, 0.25) is 0 Å². The molecule has 172 valence electrons. The summed E-state index contributed by atoms with van der Waals surface area (Å²) in [4.78, 5) is 27.3. The van der Waals surface area contributed by atoms with Crippen LogP contribution in [0.3, 0.4) is 0 Å². The van der Waals surface area contributed by atoms with Gasteiger partial charge in [0.15, 0.2) is 0 Å². The first kappa shape index (κ1) is 23.7. The lowest BCUT2D eigenvalue weighted by molar-refractivity contribution is -0.384. The minimum Gasteiger partial charge on any atom is -0.377 e. The van der Waals surface area contributed by atoms with E-state index in [-0.39, 0.29) is 48.2 Å². The van der Waals surface area contributed by atoms with Crippen molar-refractivity contribution in [3.05, 3.63) is 63.7 Å². The third kappa shape index (κ3) is 4.76. The summed E-state index contributed by atoms with van der Waals surface area (Å²) in [6.45, 7) is 4.82. The predicted octanol–water partition coefficient (Wildman–Crippen LogP) is 2.93. The first-order chi connectivity index (χ1) is 15.0. The Balaban J connectivity index is 1.76. The van der Waals surface area contributed by atoms with E-state index in [9.17, 15) is 23.3 Å². The lowest BCUT2D eigenvalue weighted by atomic mass is 10.0. The van der Waals surface area contributed by atoms with Crippen molar-refractivity contribution in [1.82, 2.24) is 9.21 Å². The predicted molar refractivity (Wildman–Crippen MR) is 123 cm³/mol. The molecule has 1 heterocycles. The summed E-state index contributed by atoms with van der Waals surface area (Å²) in [5, 5.41) is 11.2. The van der Waals surface area contributed by atoms with Crippen LogP contribution < -0.4 is 4.90 Å². The molecule has 3 rings (SSSR count). The number of benzene rings is 2. The van der Waals surface area contributed by atoms with E-state index in [4.69, 9.17) is 0 Å². The lowest BCUT2D eigenvalue weighted by Gasteiger charge is -2.34. The fraction of sp³-hybridized carbons (Fsp3) is 0.409. The summed E-state index contributed by atoms with van der Waals surface area (Å²) in [5.74, 6) is -0.0436. The molecule has 1 aliphatic rings. The second-order valence-electron chi connectivity index (χ2n) is 8.27. The topological polar surface area (TPSA) is 104 Å². The molecule has 0 spiro atoms. The van der Waals surface area contributed by atoms with Crippen molar-refractivity contribution in [3.63, 3.8) is 0 Å². The van der Waals surface area contributed by atoms with Gasteiger partial charge < -0.3 is 9.80 Å². The highest BCUT2D eigenvalue weighted by molar-refractivity contribution is 7.89. The Morgan fingerprint density at radius 1 is 1.03 bits per heavy atom. The second kappa shape index (κ2) is 9.25. The fourth-order valence-corrected chi connectivity index (χ4v) is 5.10. The van der Waals surface area contributed by atoms with Crippen LogP contribution in [-0.4, -0.2) is 68.7 Å². The molecule has 0 aromatic heterocycles. The number of nitro groups is 1. The fourth-order valence-electron chi connectivity index (χ4n) is 3.67. The highest BCUT2D eigenvalue weighted by Gasteiger charge is 2.31. The van der Waals surface area contributed by atoms with E-state index >= 15 is 0 Å². The Hall–Kier alpha value is -2.98. The molecule has 0 saturated carbocycles. The van der Waals surface area contributed by atoms with Crippen LogP contribution in [0.15, 0.2) is 47.4 Å². The van der Waals surface area contributed by atoms with Gasteiger partial charge in [-0.1, -0.05) is 26.0 Å². The highest BCUT2D eigenvalue weighted by Crippen LogP contribution is 2.27. The Morgan fingerprint density at radius 3 is 2.12 bits per heavy atom. The van der Waals surface area contributed by atoms with Crippen LogP contribution in [0.4, 0.5) is 11.4 Å². The number of amides is 1. The zero-order valence-electron chi connectivity index (χ0n) is 18.7. The summed E-state index contributed by atoms with van der Waals surface area (Å²) in [6.07, 6.45) is 0. The molecule has 1 amide bonds. The summed E-state index contributed by atoms with van der Waals surface area (Å²) < 4.78 is 27.4. The molecule has 1 saturated heterocycles. The first-order valence-corrected chi connectivity index (χ1v) is 11.8. The summed E-state index contributed by atoms with van der Waals surface area (Å²) in [5.41, 5.74) is 1.70. The number of non-ortho nitro benzene ring substituents is 1. The zero-order chi connectivity index (χ0) is 23.6. The molecular weight excluding hydrogens is 432 g/mol. The van der Waals surface area contributed by atoms with E-state index in [0.717, 1.165) is 5.56 Å². The molecule has 0 atom stereocenters. The smallest absolute Gasteiger partial charge is 0.270 e. The maximum absolute atomic E-state index is 13.1. The highest BCUT2D eigenvalue weighted by atomic mass is 32.2. The van der Waals surface area contributed by atoms with E-state index in [1.165, 1.54) is 16.4 Å². The van der Waals surface area contributed by atoms with Crippen molar-refractivity contribution < 1.29 is 18.1 Å². The van der Waals surface area contributed by atoms with Crippen molar-refractivity contribution in [1.29, 1.82) is 0 Å². The van der Waals surface area contributed by atoms with Gasteiger partial charge in [-0.3, -0.25) is 14.9 Å². The molecule has 2 aromatic rings. The number of hydrogen-bond donors (Lipinski definition) is 0. The second-order valence-corrected chi connectivity index (χ2v) is 10.2. The number of piperazine rings is 1. The van der Waals surface area contributed by atoms with Gasteiger partial charge in [0.05, 0.1) is 15.4 Å². The van der Waals surface area contributed by atoms with Crippen LogP contribution in [0.5, 0.6) is 0 Å². The normalized spacial score (nSPS) is 15.1. The molecule has 0 bridgehead atoms. The number of hydrogen-bond acceptors (Lipinski definition) is 6. The minimum absolute atomic E-state index is 0.159. The molecule has 0 N–H and O–H groups in total. The van der Waals surface area contributed by atoms with Crippen molar-refractivity contribution in [2.45, 2.75) is 24.7 Å². The summed E-state index contributed by atoms with van der Waals surface area (Å²) in [6, 6.07) is 11.1. The standard InChI is InChI=1S/C22H28N4O5S/c1-16(2)17-5-8-19(9-6-17)32(30,31)25-13-11-24(12-14-25)22(27)20-15-18(26(28)29)7-10-21(20)23(3)4/h5-10,15-16H,11-14H2,1-4H3. The summed E-state index contributed by atoms with van der Waals surface area (Å²) in [7, 11) is -0.146. The van der Waals surface area contributed by atoms with Gasteiger partial charge in [-0.25, -0.2) is 8.42 Å². The molecule has 1 fully saturated rings. The first-order valence-electron chi connectivity index (χ1n) is 10.4. The van der Waals surface area contributed by atoms with E-state index in [1.54, 1.807) is 42.1 Å². The quantitative estimate of drug-likeness (QED) is 0.485. The van der Waals surface area contributed by atoms with Crippen molar-refractivity contribution >= 4 is 27.3 Å². The van der Waals surface area contributed by atoms with Gasteiger partial charge in [0.2, 0.25) is 10.0 Å². The van der Waals surface area contributed by atoms with Crippen LogP contribution in [0.1, 0.15) is 35.7 Å². The minimum atomic E-state index is -3.66. The maximum Gasteiger partial charge on any atom is 0.270 e. The molecule has 2 aromatic carbocycles. The van der Waals surface area contributed by atoms with Gasteiger partial charge in [-0.2, -0.15) is 4.31 Å². The number of rotatable bonds is 6. The molecule has 1 aliphatic heterocycles. The van der Waals surface area contributed by atoms with Gasteiger partial charge >= 0.3 is 0 Å². The zero-order valence-corrected chi connectivity index (χ0v) is 19.5. The Kier molecular flexibility index (Phi) is 6.85. The number of nitro benzene ring substituents is 1. The van der Waals surface area contributed by atoms with Crippen LogP contribution >= 0.6 is 0 Å². The number of carbonyl (C=O) groups is 1. The third-order valence-electron chi connectivity index (χ3n) is 5.61. The molecule has 0 unspecified atom stereocenters. The average molecular weight is 461 g/mol. The van der Waals surface area contributed by atoms with Gasteiger partial charge in [0.1, 0.15) is 0 Å². The number of sulfonamides is 1. The molecule has 0 aliphatic carbocycles. The molecule has 9 nitrogen and oxygen atoms in total. The van der Waals surface area contributed by atoms with E-state index < -0.39 is 14.9 Å². The van der Waals surface area contributed by atoms with Gasteiger partial charge in [0, 0.05) is 58.1 Å². The van der Waals surface area contributed by atoms with E-state index in [0.29, 0.717) is 11.6 Å². The van der Waals surface area contributed by atoms with E-state index in [1.807, 2.05) is 26.0 Å². The Bertz CT molecular complexity index is 1110. The molecule has 10 heteroatoms. The van der Waals surface area contributed by atoms with Crippen molar-refractivity contribution in [2.75, 3.05) is 45.2 Å². The van der Waals surface area contributed by atoms with Gasteiger partial charge in [-0.05, 0) is 29.7 Å². The molecular formula is C22H28N4O5S. The number of carbonyl (C=O) groups excluding carboxylic acids is 1. The van der Waals surface area contributed by atoms with Crippen molar-refractivity contribution in [3.8, 4) is 0 Å². The van der Waals surface area contributed by atoms with Crippen LogP contribution in [0, 0.1) is 10.1 Å². The Morgan fingerprint density at radius 2 is 1.62 bits per heavy atom. The number of nitrogens with zero attached hydrogens (tertiary/aromatic N) is 4. The number of anilines is 1. The SMILES string of the molecule is CC(C)c1ccc(S(=O)(=O)N2CCN(C(=O)c3cc([N+](=O)[O-])ccc3N(C)C)CC2)cc1. The van der Waals surface area contributed by atoms with Gasteiger partial charge in [-0.15, -0.1) is 0 Å². The van der Waals surface area contributed by atoms with Crippen molar-refractivity contribution in [2.24, 2.45) is 0 Å².